The van der Waals surface area contributed by atoms with Crippen molar-refractivity contribution in [2.75, 3.05) is 6.61 Å². The molecular formula is C26H31ClN2O7S. The molecule has 0 unspecified atom stereocenters. The van der Waals surface area contributed by atoms with Gasteiger partial charge in [-0.15, -0.1) is 11.3 Å². The zero-order valence-corrected chi connectivity index (χ0v) is 22.1. The minimum Gasteiger partial charge on any atom is -0.463 e. The first kappa shape index (κ1) is 27.7. The lowest BCUT2D eigenvalue weighted by Gasteiger charge is -2.40. The van der Waals surface area contributed by atoms with Gasteiger partial charge in [-0.25, -0.2) is 4.98 Å². The molecular weight excluding hydrogens is 520 g/mol. The maximum Gasteiger partial charge on any atom is 0.323 e. The normalized spacial score (nSPS) is 24.8. The van der Waals surface area contributed by atoms with Crippen molar-refractivity contribution < 1.29 is 34.0 Å². The summed E-state index contributed by atoms with van der Waals surface area (Å²) in [4.78, 5) is 17.6. The van der Waals surface area contributed by atoms with Crippen LogP contribution in [0.1, 0.15) is 42.5 Å². The Bertz CT molecular complexity index is 1190. The second-order valence-electron chi connectivity index (χ2n) is 9.56. The van der Waals surface area contributed by atoms with Gasteiger partial charge in [-0.1, -0.05) is 37.6 Å². The third kappa shape index (κ3) is 6.58. The SMILES string of the molecule is CC(C)C[C@H](N)C(=O)OC[C@H]1O[C@@H](c2ccc(Cl)c(Cc3ncc(-c4ccco4)s3)c2)[C@H](O)[C@@H](O)[C@@H]1O. The van der Waals surface area contributed by atoms with Crippen molar-refractivity contribution in [2.45, 2.75) is 63.3 Å². The van der Waals surface area contributed by atoms with E-state index in [-0.39, 0.29) is 12.5 Å². The summed E-state index contributed by atoms with van der Waals surface area (Å²) in [5.41, 5.74) is 7.17. The van der Waals surface area contributed by atoms with Gasteiger partial charge in [-0.3, -0.25) is 4.79 Å². The number of carbonyl (C=O) groups excluding carboxylic acids is 1. The van der Waals surface area contributed by atoms with Gasteiger partial charge in [0.05, 0.1) is 16.1 Å². The third-order valence-electron chi connectivity index (χ3n) is 6.19. The fourth-order valence-electron chi connectivity index (χ4n) is 4.23. The molecule has 0 amide bonds. The molecule has 11 heteroatoms. The van der Waals surface area contributed by atoms with Gasteiger partial charge in [0.1, 0.15) is 48.9 Å². The average molecular weight is 551 g/mol. The summed E-state index contributed by atoms with van der Waals surface area (Å²) in [5, 5.41) is 33.0. The number of nitrogens with two attached hydrogens (primary N) is 1. The Hall–Kier alpha value is -2.31. The van der Waals surface area contributed by atoms with E-state index < -0.39 is 42.5 Å². The van der Waals surface area contributed by atoms with Crippen molar-refractivity contribution in [2.24, 2.45) is 11.7 Å². The first-order chi connectivity index (χ1) is 17.6. The van der Waals surface area contributed by atoms with E-state index >= 15 is 0 Å². The van der Waals surface area contributed by atoms with E-state index in [4.69, 9.17) is 31.2 Å². The number of hydrogen-bond acceptors (Lipinski definition) is 10. The van der Waals surface area contributed by atoms with Gasteiger partial charge in [0.25, 0.3) is 0 Å². The van der Waals surface area contributed by atoms with Crippen molar-refractivity contribution in [3.05, 3.63) is 63.9 Å². The summed E-state index contributed by atoms with van der Waals surface area (Å²) in [7, 11) is 0. The molecule has 1 aromatic carbocycles. The van der Waals surface area contributed by atoms with Gasteiger partial charge >= 0.3 is 5.97 Å². The van der Waals surface area contributed by atoms with E-state index in [2.05, 4.69) is 4.98 Å². The number of halogens is 1. The lowest BCUT2D eigenvalue weighted by Crippen LogP contribution is -2.55. The third-order valence-corrected chi connectivity index (χ3v) is 7.57. The minimum absolute atomic E-state index is 0.209. The van der Waals surface area contributed by atoms with Crippen molar-refractivity contribution >= 4 is 28.9 Å². The van der Waals surface area contributed by atoms with E-state index in [0.29, 0.717) is 23.4 Å². The van der Waals surface area contributed by atoms with Crippen molar-refractivity contribution in [3.63, 3.8) is 0 Å². The summed E-state index contributed by atoms with van der Waals surface area (Å²) in [6.07, 6.45) is -2.21. The smallest absolute Gasteiger partial charge is 0.323 e. The number of aliphatic hydroxyl groups is 3. The van der Waals surface area contributed by atoms with Gasteiger partial charge < -0.3 is 34.9 Å². The summed E-state index contributed by atoms with van der Waals surface area (Å²) in [6, 6.07) is 8.01. The fraction of sp³-hybridized carbons (Fsp3) is 0.462. The van der Waals surface area contributed by atoms with Gasteiger partial charge in [0.2, 0.25) is 0 Å². The number of nitrogens with zero attached hydrogens (tertiary/aromatic N) is 1. The van der Waals surface area contributed by atoms with E-state index in [1.165, 1.54) is 11.3 Å². The van der Waals surface area contributed by atoms with Crippen LogP contribution < -0.4 is 5.73 Å². The Balaban J connectivity index is 1.48. The Morgan fingerprint density at radius 2 is 2.00 bits per heavy atom. The van der Waals surface area contributed by atoms with Crippen LogP contribution in [0.4, 0.5) is 0 Å². The summed E-state index contributed by atoms with van der Waals surface area (Å²) in [6.45, 7) is 3.56. The highest BCUT2D eigenvalue weighted by Crippen LogP contribution is 2.35. The predicted molar refractivity (Wildman–Crippen MR) is 138 cm³/mol. The molecule has 0 radical (unpaired) electrons. The van der Waals surface area contributed by atoms with Crippen LogP contribution in [0.5, 0.6) is 0 Å². The molecule has 6 atom stereocenters. The molecule has 1 saturated heterocycles. The maximum atomic E-state index is 12.2. The maximum absolute atomic E-state index is 12.2. The molecule has 3 aromatic rings. The molecule has 3 heterocycles. The number of thiazole rings is 1. The number of hydrogen-bond donors (Lipinski definition) is 4. The highest BCUT2D eigenvalue weighted by molar-refractivity contribution is 7.15. The quantitative estimate of drug-likeness (QED) is 0.295. The number of aromatic nitrogens is 1. The molecule has 2 aromatic heterocycles. The first-order valence-corrected chi connectivity index (χ1v) is 13.2. The minimum atomic E-state index is -1.51. The molecule has 4 rings (SSSR count). The zero-order valence-electron chi connectivity index (χ0n) is 20.5. The highest BCUT2D eigenvalue weighted by atomic mass is 35.5. The highest BCUT2D eigenvalue weighted by Gasteiger charge is 2.45. The second kappa shape index (κ2) is 12.0. The number of furan rings is 1. The number of rotatable bonds is 9. The van der Waals surface area contributed by atoms with E-state index in [0.717, 1.165) is 21.2 Å². The van der Waals surface area contributed by atoms with E-state index in [1.807, 2.05) is 26.0 Å². The average Bonchev–Trinajstić information content (AvgIpc) is 3.55. The largest absolute Gasteiger partial charge is 0.463 e. The van der Waals surface area contributed by atoms with Crippen molar-refractivity contribution in [1.29, 1.82) is 0 Å². The number of esters is 1. The van der Waals surface area contributed by atoms with Gasteiger partial charge in [0.15, 0.2) is 0 Å². The van der Waals surface area contributed by atoms with Crippen LogP contribution in [0.15, 0.2) is 47.2 Å². The van der Waals surface area contributed by atoms with Crippen LogP contribution in [-0.4, -0.2) is 63.3 Å². The Kier molecular flexibility index (Phi) is 9.02. The zero-order chi connectivity index (χ0) is 26.7. The molecule has 1 aliphatic rings. The monoisotopic (exact) mass is 550 g/mol. The molecule has 5 N–H and O–H groups in total. The number of ether oxygens (including phenoxy) is 2. The Labute approximate surface area is 223 Å². The molecule has 0 aliphatic carbocycles. The molecule has 0 bridgehead atoms. The molecule has 1 fully saturated rings. The fourth-order valence-corrected chi connectivity index (χ4v) is 5.33. The van der Waals surface area contributed by atoms with Crippen LogP contribution in [-0.2, 0) is 20.7 Å². The Morgan fingerprint density at radius 3 is 2.70 bits per heavy atom. The van der Waals surface area contributed by atoms with Crippen LogP contribution in [0.2, 0.25) is 5.02 Å². The van der Waals surface area contributed by atoms with E-state index in [9.17, 15) is 20.1 Å². The van der Waals surface area contributed by atoms with Crippen LogP contribution in [0.3, 0.4) is 0 Å². The molecule has 9 nitrogen and oxygen atoms in total. The molecule has 0 saturated carbocycles. The number of aliphatic hydroxyl groups excluding tert-OH is 3. The van der Waals surface area contributed by atoms with Crippen LogP contribution in [0.25, 0.3) is 10.6 Å². The first-order valence-electron chi connectivity index (χ1n) is 12.0. The van der Waals surface area contributed by atoms with Crippen LogP contribution in [0, 0.1) is 5.92 Å². The topological polar surface area (TPSA) is 148 Å². The number of benzene rings is 1. The molecule has 0 spiro atoms. The van der Waals surface area contributed by atoms with Gasteiger partial charge in [-0.2, -0.15) is 0 Å². The Morgan fingerprint density at radius 1 is 1.22 bits per heavy atom. The lowest BCUT2D eigenvalue weighted by molar-refractivity contribution is -0.234. The standard InChI is InChI=1S/C26H31ClN2O7S/c1-13(2)8-17(28)26(33)35-12-19-22(30)23(31)24(32)25(36-19)14-5-6-16(27)15(9-14)10-21-29-11-20(37-21)18-4-3-7-34-18/h3-7,9,11,13,17,19,22-25,30-32H,8,10,12,28H2,1-2H3/t17-,19+,22+,23-,24+,25-/m0/s1. The molecule has 200 valence electrons. The number of carbonyl (C=O) groups is 1. The van der Waals surface area contributed by atoms with Crippen molar-refractivity contribution in [3.8, 4) is 10.6 Å². The molecule has 1 aliphatic heterocycles. The van der Waals surface area contributed by atoms with Gasteiger partial charge in [0, 0.05) is 17.6 Å². The summed E-state index contributed by atoms with van der Waals surface area (Å²) >= 11 is 7.93. The van der Waals surface area contributed by atoms with Gasteiger partial charge in [-0.05, 0) is 41.7 Å². The lowest BCUT2D eigenvalue weighted by atomic mass is 9.90. The van der Waals surface area contributed by atoms with E-state index in [1.54, 1.807) is 30.7 Å². The second-order valence-corrected chi connectivity index (χ2v) is 11.1. The van der Waals surface area contributed by atoms with Crippen molar-refractivity contribution in [1.82, 2.24) is 4.98 Å². The summed E-state index contributed by atoms with van der Waals surface area (Å²) in [5.74, 6) is 0.320. The molecule has 37 heavy (non-hydrogen) atoms. The predicted octanol–water partition coefficient (Wildman–Crippen LogP) is 3.09. The summed E-state index contributed by atoms with van der Waals surface area (Å²) < 4.78 is 16.6. The van der Waals surface area contributed by atoms with Crippen LogP contribution >= 0.6 is 22.9 Å².